The quantitative estimate of drug-likeness (QED) is 0.795. The van der Waals surface area contributed by atoms with Gasteiger partial charge in [-0.15, -0.1) is 0 Å². The summed E-state index contributed by atoms with van der Waals surface area (Å²) < 4.78 is 15.9. The predicted molar refractivity (Wildman–Crippen MR) is 76.7 cm³/mol. The van der Waals surface area contributed by atoms with Crippen molar-refractivity contribution in [2.75, 3.05) is 6.79 Å². The van der Waals surface area contributed by atoms with Gasteiger partial charge < -0.3 is 24.9 Å². The minimum Gasteiger partial charge on any atom is -0.454 e. The number of nitrogens with one attached hydrogen (secondary N) is 1. The van der Waals surface area contributed by atoms with Crippen LogP contribution in [-0.2, 0) is 0 Å². The Hall–Kier alpha value is -3.47. The van der Waals surface area contributed by atoms with Gasteiger partial charge in [-0.05, 0) is 17.7 Å². The second kappa shape index (κ2) is 4.78. The molecule has 8 nitrogen and oxygen atoms in total. The number of H-pyrrole nitrogens is 1. The zero-order valence-corrected chi connectivity index (χ0v) is 11.7. The van der Waals surface area contributed by atoms with Crippen molar-refractivity contribution < 1.29 is 14.2 Å². The van der Waals surface area contributed by atoms with E-state index < -0.39 is 11.5 Å². The molecule has 0 fully saturated rings. The molecule has 0 unspecified atom stereocenters. The van der Waals surface area contributed by atoms with Crippen molar-refractivity contribution in [3.8, 4) is 23.4 Å². The molecule has 3 N–H and O–H groups in total. The van der Waals surface area contributed by atoms with Crippen LogP contribution in [0.2, 0.25) is 0 Å². The zero-order valence-electron chi connectivity index (χ0n) is 11.7. The summed E-state index contributed by atoms with van der Waals surface area (Å²) >= 11 is 0. The molecule has 0 aliphatic carbocycles. The summed E-state index contributed by atoms with van der Waals surface area (Å²) in [5.74, 6) is 0.493. The van der Waals surface area contributed by atoms with Gasteiger partial charge in [0.05, 0.1) is 17.8 Å². The first-order valence-corrected chi connectivity index (χ1v) is 6.73. The average Bonchev–Trinajstić information content (AvgIpc) is 3.01. The highest BCUT2D eigenvalue weighted by Gasteiger charge is 2.34. The summed E-state index contributed by atoms with van der Waals surface area (Å²) in [5.41, 5.74) is 6.48. The van der Waals surface area contributed by atoms with Gasteiger partial charge in [0.2, 0.25) is 18.6 Å². The fourth-order valence-electron chi connectivity index (χ4n) is 2.72. The van der Waals surface area contributed by atoms with E-state index >= 15 is 0 Å². The minimum atomic E-state index is -0.685. The van der Waals surface area contributed by atoms with Crippen molar-refractivity contribution in [3.05, 3.63) is 57.5 Å². The number of benzene rings is 1. The number of nitrogens with two attached hydrogens (primary N) is 1. The van der Waals surface area contributed by atoms with Gasteiger partial charge in [0, 0.05) is 0 Å². The van der Waals surface area contributed by atoms with Gasteiger partial charge in [0.15, 0.2) is 11.5 Å². The van der Waals surface area contributed by atoms with Gasteiger partial charge in [0.25, 0.3) is 5.56 Å². The SMILES string of the molecule is N#CC1=C(N)Oc2nc[nH]c(=O)c2[C@H]1c1ccc2c(c1)OCO2. The Kier molecular flexibility index (Phi) is 2.74. The number of aromatic nitrogens is 2. The molecular formula is C15H10N4O4. The predicted octanol–water partition coefficient (Wildman–Crippen LogP) is 0.717. The standard InChI is InChI=1S/C15H10N4O4/c16-4-8-11(7-1-2-9-10(3-7)22-6-21-9)12-14(20)18-5-19-15(12)23-13(8)17/h1-3,5,11H,6,17H2,(H,18,19,20)/t11-/m0/s1. The lowest BCUT2D eigenvalue weighted by Crippen LogP contribution is -2.28. The van der Waals surface area contributed by atoms with Gasteiger partial charge in [-0.25, -0.2) is 4.98 Å². The van der Waals surface area contributed by atoms with Crippen molar-refractivity contribution in [3.63, 3.8) is 0 Å². The van der Waals surface area contributed by atoms with Crippen LogP contribution in [-0.4, -0.2) is 16.8 Å². The monoisotopic (exact) mass is 310 g/mol. The van der Waals surface area contributed by atoms with Crippen LogP contribution in [0.5, 0.6) is 17.4 Å². The van der Waals surface area contributed by atoms with Crippen LogP contribution < -0.4 is 25.5 Å². The number of rotatable bonds is 1. The molecule has 0 amide bonds. The topological polar surface area (TPSA) is 123 Å². The van der Waals surface area contributed by atoms with Crippen molar-refractivity contribution in [1.82, 2.24) is 9.97 Å². The van der Waals surface area contributed by atoms with Crippen LogP contribution in [0.25, 0.3) is 0 Å². The van der Waals surface area contributed by atoms with Gasteiger partial charge in [-0.3, -0.25) is 4.79 Å². The van der Waals surface area contributed by atoms with Crippen molar-refractivity contribution in [1.29, 1.82) is 5.26 Å². The highest BCUT2D eigenvalue weighted by atomic mass is 16.7. The Labute approximate surface area is 129 Å². The number of aromatic amines is 1. The van der Waals surface area contributed by atoms with E-state index in [-0.39, 0.29) is 29.7 Å². The molecular weight excluding hydrogens is 300 g/mol. The van der Waals surface area contributed by atoms with E-state index in [9.17, 15) is 10.1 Å². The first kappa shape index (κ1) is 13.2. The maximum atomic E-state index is 12.2. The lowest BCUT2D eigenvalue weighted by molar-refractivity contribution is 0.174. The molecule has 1 aromatic heterocycles. The smallest absolute Gasteiger partial charge is 0.258 e. The molecule has 23 heavy (non-hydrogen) atoms. The van der Waals surface area contributed by atoms with Gasteiger partial charge in [0.1, 0.15) is 11.6 Å². The molecule has 114 valence electrons. The van der Waals surface area contributed by atoms with Crippen molar-refractivity contribution in [2.45, 2.75) is 5.92 Å². The van der Waals surface area contributed by atoms with E-state index in [1.54, 1.807) is 18.2 Å². The fourth-order valence-corrected chi connectivity index (χ4v) is 2.72. The molecule has 0 radical (unpaired) electrons. The van der Waals surface area contributed by atoms with Crippen molar-refractivity contribution in [2.24, 2.45) is 5.73 Å². The summed E-state index contributed by atoms with van der Waals surface area (Å²) in [7, 11) is 0. The van der Waals surface area contributed by atoms with E-state index in [0.29, 0.717) is 17.1 Å². The maximum absolute atomic E-state index is 12.2. The Balaban J connectivity index is 1.96. The molecule has 2 aliphatic heterocycles. The normalized spacial score (nSPS) is 18.1. The molecule has 0 saturated carbocycles. The number of ether oxygens (including phenoxy) is 3. The van der Waals surface area contributed by atoms with E-state index in [0.717, 1.165) is 0 Å². The summed E-state index contributed by atoms with van der Waals surface area (Å²) in [6, 6.07) is 7.22. The van der Waals surface area contributed by atoms with Crippen LogP contribution in [0.1, 0.15) is 17.0 Å². The Morgan fingerprint density at radius 2 is 2.17 bits per heavy atom. The summed E-state index contributed by atoms with van der Waals surface area (Å²) in [4.78, 5) is 18.7. The van der Waals surface area contributed by atoms with E-state index in [1.165, 1.54) is 6.33 Å². The minimum absolute atomic E-state index is 0.0687. The Bertz CT molecular complexity index is 941. The number of allylic oxidation sites excluding steroid dienone is 1. The molecule has 1 aromatic carbocycles. The fraction of sp³-hybridized carbons (Fsp3) is 0.133. The van der Waals surface area contributed by atoms with E-state index in [4.69, 9.17) is 19.9 Å². The zero-order chi connectivity index (χ0) is 16.0. The van der Waals surface area contributed by atoms with Gasteiger partial charge in [-0.1, -0.05) is 6.07 Å². The third-order valence-corrected chi connectivity index (χ3v) is 3.75. The average molecular weight is 310 g/mol. The van der Waals surface area contributed by atoms with Crippen LogP contribution in [0, 0.1) is 11.3 Å². The van der Waals surface area contributed by atoms with Gasteiger partial charge in [-0.2, -0.15) is 5.26 Å². The molecule has 0 saturated heterocycles. The van der Waals surface area contributed by atoms with Crippen LogP contribution >= 0.6 is 0 Å². The van der Waals surface area contributed by atoms with E-state index in [1.807, 2.05) is 6.07 Å². The number of nitriles is 1. The molecule has 4 rings (SSSR count). The molecule has 1 atom stereocenters. The molecule has 2 aromatic rings. The van der Waals surface area contributed by atoms with Crippen molar-refractivity contribution >= 4 is 0 Å². The number of hydrogen-bond acceptors (Lipinski definition) is 7. The van der Waals surface area contributed by atoms with Crippen LogP contribution in [0.3, 0.4) is 0 Å². The second-order valence-corrected chi connectivity index (χ2v) is 4.99. The van der Waals surface area contributed by atoms with Crippen LogP contribution in [0.15, 0.2) is 40.8 Å². The summed E-state index contributed by atoms with van der Waals surface area (Å²) in [6.45, 7) is 0.133. The number of hydrogen-bond donors (Lipinski definition) is 2. The lowest BCUT2D eigenvalue weighted by atomic mass is 9.85. The first-order valence-electron chi connectivity index (χ1n) is 6.73. The summed E-state index contributed by atoms with van der Waals surface area (Å²) in [5, 5.41) is 9.45. The molecule has 8 heteroatoms. The highest BCUT2D eigenvalue weighted by molar-refractivity contribution is 5.55. The highest BCUT2D eigenvalue weighted by Crippen LogP contribution is 2.42. The third kappa shape index (κ3) is 1.91. The maximum Gasteiger partial charge on any atom is 0.258 e. The van der Waals surface area contributed by atoms with E-state index in [2.05, 4.69) is 9.97 Å². The number of nitrogens with zero attached hydrogens (tertiary/aromatic N) is 2. The first-order chi connectivity index (χ1) is 11.2. The summed E-state index contributed by atoms with van der Waals surface area (Å²) in [6.07, 6.45) is 1.22. The number of fused-ring (bicyclic) bond motifs is 2. The lowest BCUT2D eigenvalue weighted by Gasteiger charge is -2.24. The Morgan fingerprint density at radius 3 is 3.00 bits per heavy atom. The second-order valence-electron chi connectivity index (χ2n) is 4.99. The van der Waals surface area contributed by atoms with Gasteiger partial charge >= 0.3 is 0 Å². The van der Waals surface area contributed by atoms with Crippen LogP contribution in [0.4, 0.5) is 0 Å². The molecule has 3 heterocycles. The molecule has 2 aliphatic rings. The Morgan fingerprint density at radius 1 is 1.35 bits per heavy atom. The largest absolute Gasteiger partial charge is 0.454 e. The molecule has 0 bridgehead atoms. The molecule has 0 spiro atoms. The third-order valence-electron chi connectivity index (χ3n) is 3.75.